The zero-order chi connectivity index (χ0) is 15.4. The molecule has 0 aromatic heterocycles. The number of nitro groups is 1. The zero-order valence-electron chi connectivity index (χ0n) is 11.0. The highest BCUT2D eigenvalue weighted by Gasteiger charge is 2.05. The fraction of sp³-hybridized carbons (Fsp3) is 0.500. The molecule has 0 heterocycles. The quantitative estimate of drug-likeness (QED) is 0.675. The van der Waals surface area contributed by atoms with E-state index in [0.29, 0.717) is 5.56 Å². The highest BCUT2D eigenvalue weighted by atomic mass is 19.3. The monoisotopic (exact) mass is 281 g/mol. The maximum Gasteiger partial charge on any atom is 0.269 e. The maximum absolute atomic E-state index is 10.4. The Morgan fingerprint density at radius 1 is 1.26 bits per heavy atom. The van der Waals surface area contributed by atoms with Crippen LogP contribution in [0, 0.1) is 10.1 Å². The number of alkyl halides is 3. The molecule has 0 saturated heterocycles. The molecule has 0 saturated carbocycles. The molecule has 0 aliphatic heterocycles. The van der Waals surface area contributed by atoms with Crippen molar-refractivity contribution in [2.45, 2.75) is 33.3 Å². The molecule has 0 aliphatic rings. The molecule has 19 heavy (non-hydrogen) atoms. The Balaban J connectivity index is 0. The van der Waals surface area contributed by atoms with E-state index in [9.17, 15) is 23.3 Å². The van der Waals surface area contributed by atoms with E-state index in [1.807, 2.05) is 13.8 Å². The molecule has 0 amide bonds. The van der Waals surface area contributed by atoms with Gasteiger partial charge in [0.05, 0.1) is 11.0 Å². The van der Waals surface area contributed by atoms with Crippen LogP contribution < -0.4 is 0 Å². The van der Waals surface area contributed by atoms with Gasteiger partial charge in [0.1, 0.15) is 0 Å². The minimum absolute atomic E-state index is 0.0411. The van der Waals surface area contributed by atoms with Crippen LogP contribution in [0.5, 0.6) is 0 Å². The Labute approximate surface area is 110 Å². The molecule has 1 rings (SSSR count). The number of hydrogen-bond donors (Lipinski definition) is 1. The lowest BCUT2D eigenvalue weighted by molar-refractivity contribution is -0.384. The lowest BCUT2D eigenvalue weighted by atomic mass is 10.1. The number of rotatable bonds is 3. The van der Waals surface area contributed by atoms with Gasteiger partial charge in [-0.2, -0.15) is 0 Å². The number of non-ortho nitro benzene ring substituents is 1. The topological polar surface area (TPSA) is 63.4 Å². The molecule has 0 spiro atoms. The van der Waals surface area contributed by atoms with E-state index < -0.39 is 24.1 Å². The summed E-state index contributed by atoms with van der Waals surface area (Å²) >= 11 is 0. The summed E-state index contributed by atoms with van der Waals surface area (Å²) in [7, 11) is 0. The third kappa shape index (κ3) is 10.0. The number of hydrogen-bond acceptors (Lipinski definition) is 3. The Kier molecular flexibility index (Phi) is 11.9. The van der Waals surface area contributed by atoms with Crippen molar-refractivity contribution in [3.63, 3.8) is 0 Å². The van der Waals surface area contributed by atoms with E-state index in [1.54, 1.807) is 19.1 Å². The van der Waals surface area contributed by atoms with Gasteiger partial charge in [0.2, 0.25) is 0 Å². The predicted octanol–water partition coefficient (Wildman–Crippen LogP) is 3.90. The first-order valence-corrected chi connectivity index (χ1v) is 5.65. The maximum atomic E-state index is 10.4. The zero-order valence-corrected chi connectivity index (χ0v) is 11.0. The highest BCUT2D eigenvalue weighted by Crippen LogP contribution is 2.16. The van der Waals surface area contributed by atoms with Crippen LogP contribution in [-0.2, 0) is 0 Å². The molecule has 4 nitrogen and oxygen atoms in total. The van der Waals surface area contributed by atoms with Crippen molar-refractivity contribution in [3.8, 4) is 0 Å². The van der Waals surface area contributed by atoms with Crippen LogP contribution in [-0.4, -0.2) is 23.1 Å². The lowest BCUT2D eigenvalue weighted by Crippen LogP contribution is -1.92. The molecule has 1 atom stereocenters. The second kappa shape index (κ2) is 11.5. The van der Waals surface area contributed by atoms with Gasteiger partial charge in [-0.05, 0) is 24.6 Å². The molecule has 1 aromatic carbocycles. The van der Waals surface area contributed by atoms with Crippen molar-refractivity contribution in [2.24, 2.45) is 0 Å². The molecule has 110 valence electrons. The lowest BCUT2D eigenvalue weighted by Gasteiger charge is -2.02. The van der Waals surface area contributed by atoms with Crippen molar-refractivity contribution in [1.82, 2.24) is 0 Å². The first kappa shape index (κ1) is 19.7. The molecule has 1 N–H and O–H groups in total. The van der Waals surface area contributed by atoms with Crippen molar-refractivity contribution in [1.29, 1.82) is 0 Å². The van der Waals surface area contributed by atoms with E-state index in [2.05, 4.69) is 0 Å². The fourth-order valence-electron chi connectivity index (χ4n) is 0.875. The summed E-state index contributed by atoms with van der Waals surface area (Å²) in [6, 6.07) is 5.84. The van der Waals surface area contributed by atoms with Crippen LogP contribution in [0.1, 0.15) is 32.4 Å². The van der Waals surface area contributed by atoms with Crippen LogP contribution in [0.2, 0.25) is 0 Å². The van der Waals surface area contributed by atoms with Gasteiger partial charge in [0.15, 0.2) is 6.67 Å². The molecule has 0 aliphatic carbocycles. The summed E-state index contributed by atoms with van der Waals surface area (Å²) in [5, 5.41) is 19.3. The van der Waals surface area contributed by atoms with Gasteiger partial charge in [-0.15, -0.1) is 0 Å². The minimum Gasteiger partial charge on any atom is -0.389 e. The number of benzene rings is 1. The summed E-state index contributed by atoms with van der Waals surface area (Å²) in [4.78, 5) is 9.76. The van der Waals surface area contributed by atoms with Crippen LogP contribution in [0.25, 0.3) is 0 Å². The Morgan fingerprint density at radius 2 is 1.63 bits per heavy atom. The summed E-state index contributed by atoms with van der Waals surface area (Å²) in [5.41, 5.74) is 0.722. The van der Waals surface area contributed by atoms with Gasteiger partial charge in [-0.3, -0.25) is 10.1 Å². The molecular formula is C12H18F3NO3. The fourth-order valence-corrected chi connectivity index (χ4v) is 0.875. The molecule has 1 unspecified atom stereocenters. The second-order valence-electron chi connectivity index (χ2n) is 3.07. The first-order chi connectivity index (χ1) is 8.88. The van der Waals surface area contributed by atoms with Crippen LogP contribution in [0.4, 0.5) is 18.9 Å². The smallest absolute Gasteiger partial charge is 0.269 e. The third-order valence-corrected chi connectivity index (χ3v) is 1.70. The Bertz CT molecular complexity index is 343. The number of aliphatic hydroxyl groups excluding tert-OH is 1. The third-order valence-electron chi connectivity index (χ3n) is 1.70. The Hall–Kier alpha value is -1.63. The van der Waals surface area contributed by atoms with E-state index in [0.717, 1.165) is 0 Å². The summed E-state index contributed by atoms with van der Waals surface area (Å²) in [6.45, 7) is 4.08. The molecular weight excluding hydrogens is 263 g/mol. The largest absolute Gasteiger partial charge is 0.389 e. The van der Waals surface area contributed by atoms with Crippen LogP contribution in [0.3, 0.4) is 0 Å². The van der Waals surface area contributed by atoms with Crippen LogP contribution >= 0.6 is 0 Å². The van der Waals surface area contributed by atoms with E-state index in [4.69, 9.17) is 5.11 Å². The number of nitro benzene ring substituents is 1. The number of halogens is 3. The van der Waals surface area contributed by atoms with Gasteiger partial charge < -0.3 is 5.11 Å². The molecule has 0 bridgehead atoms. The van der Waals surface area contributed by atoms with Crippen molar-refractivity contribution >= 4 is 5.69 Å². The molecule has 1 aromatic rings. The van der Waals surface area contributed by atoms with E-state index in [-0.39, 0.29) is 5.69 Å². The van der Waals surface area contributed by atoms with Crippen molar-refractivity contribution in [3.05, 3.63) is 39.9 Å². The van der Waals surface area contributed by atoms with E-state index >= 15 is 0 Å². The minimum atomic E-state index is -2.78. The van der Waals surface area contributed by atoms with Gasteiger partial charge in [-0.25, -0.2) is 13.2 Å². The standard InChI is InChI=1S/C8H9NO3.C2H3F3.C2H6/c1-6(10)7-2-4-8(5-3-7)9(11)12;3-1-2(4)5;1-2/h2-6,10H,1H3;2H,1H2;1-2H3. The van der Waals surface area contributed by atoms with Gasteiger partial charge in [0.25, 0.3) is 12.1 Å². The van der Waals surface area contributed by atoms with Crippen molar-refractivity contribution in [2.75, 3.05) is 6.67 Å². The average molecular weight is 281 g/mol. The first-order valence-electron chi connectivity index (χ1n) is 5.65. The Morgan fingerprint density at radius 3 is 1.84 bits per heavy atom. The number of nitrogens with zero attached hydrogens (tertiary/aromatic N) is 1. The van der Waals surface area contributed by atoms with Gasteiger partial charge in [0, 0.05) is 12.1 Å². The summed E-state index contributed by atoms with van der Waals surface area (Å²) in [6.07, 6.45) is -3.36. The van der Waals surface area contributed by atoms with Crippen molar-refractivity contribution < 1.29 is 23.2 Å². The predicted molar refractivity (Wildman–Crippen MR) is 67.1 cm³/mol. The summed E-state index contributed by atoms with van der Waals surface area (Å²) < 4.78 is 31.1. The summed E-state index contributed by atoms with van der Waals surface area (Å²) in [5.74, 6) is 0. The SMILES string of the molecule is CC.CC(O)c1ccc([N+](=O)[O-])cc1.FCC(F)F. The molecule has 7 heteroatoms. The normalized spacial score (nSPS) is 10.7. The van der Waals surface area contributed by atoms with Crippen LogP contribution in [0.15, 0.2) is 24.3 Å². The second-order valence-corrected chi connectivity index (χ2v) is 3.07. The van der Waals surface area contributed by atoms with Gasteiger partial charge >= 0.3 is 0 Å². The average Bonchev–Trinajstić information content (AvgIpc) is 2.41. The van der Waals surface area contributed by atoms with E-state index in [1.165, 1.54) is 12.1 Å². The number of aliphatic hydroxyl groups is 1. The molecule has 0 radical (unpaired) electrons. The molecule has 0 fully saturated rings. The highest BCUT2D eigenvalue weighted by molar-refractivity contribution is 5.33. The van der Waals surface area contributed by atoms with Gasteiger partial charge in [-0.1, -0.05) is 13.8 Å².